The Labute approximate surface area is 160 Å². The van der Waals surface area contributed by atoms with Crippen molar-refractivity contribution in [2.45, 2.75) is 6.10 Å². The Morgan fingerprint density at radius 1 is 1.14 bits per heavy atom. The number of pyridine rings is 1. The number of anilines is 2. The van der Waals surface area contributed by atoms with Crippen molar-refractivity contribution in [2.75, 3.05) is 11.9 Å². The molecule has 28 heavy (non-hydrogen) atoms. The summed E-state index contributed by atoms with van der Waals surface area (Å²) in [6.45, 7) is 0.359. The van der Waals surface area contributed by atoms with Crippen LogP contribution in [0.5, 0.6) is 5.75 Å². The number of fused-ring (bicyclic) bond motifs is 2. The summed E-state index contributed by atoms with van der Waals surface area (Å²) in [5.41, 5.74) is 2.97. The molecule has 1 atom stereocenters. The molecule has 1 aromatic carbocycles. The first kappa shape index (κ1) is 16.2. The van der Waals surface area contributed by atoms with Crippen LogP contribution >= 0.6 is 0 Å². The minimum absolute atomic E-state index is 0.141. The minimum atomic E-state index is -0.344. The summed E-state index contributed by atoms with van der Waals surface area (Å²) in [5, 5.41) is 6.90. The Bertz CT molecular complexity index is 1160. The molecular formula is C20H16N6O2. The van der Waals surface area contributed by atoms with Gasteiger partial charge in [-0.05, 0) is 24.3 Å². The molecule has 0 bridgehead atoms. The summed E-state index contributed by atoms with van der Waals surface area (Å²) in [6, 6.07) is 10.9. The van der Waals surface area contributed by atoms with Crippen molar-refractivity contribution in [2.24, 2.45) is 0 Å². The van der Waals surface area contributed by atoms with E-state index < -0.39 is 0 Å². The van der Waals surface area contributed by atoms with E-state index in [0.29, 0.717) is 29.5 Å². The lowest BCUT2D eigenvalue weighted by atomic mass is 10.1. The van der Waals surface area contributed by atoms with Crippen molar-refractivity contribution in [1.29, 1.82) is 0 Å². The maximum Gasteiger partial charge on any atom is 0.255 e. The van der Waals surface area contributed by atoms with Crippen LogP contribution in [-0.2, 0) is 0 Å². The van der Waals surface area contributed by atoms with Crippen molar-refractivity contribution in [3.05, 3.63) is 72.3 Å². The monoisotopic (exact) mass is 372 g/mol. The van der Waals surface area contributed by atoms with E-state index in [1.807, 2.05) is 30.5 Å². The first-order valence-electron chi connectivity index (χ1n) is 8.83. The van der Waals surface area contributed by atoms with Crippen LogP contribution in [0.4, 0.5) is 11.6 Å². The summed E-state index contributed by atoms with van der Waals surface area (Å²) < 4.78 is 6.12. The Kier molecular flexibility index (Phi) is 3.86. The van der Waals surface area contributed by atoms with E-state index in [-0.39, 0.29) is 12.0 Å². The van der Waals surface area contributed by atoms with Crippen molar-refractivity contribution in [3.8, 4) is 5.75 Å². The second-order valence-corrected chi connectivity index (χ2v) is 6.37. The highest BCUT2D eigenvalue weighted by Gasteiger charge is 2.25. The Hall–Kier alpha value is -3.94. The van der Waals surface area contributed by atoms with Gasteiger partial charge in [-0.25, -0.2) is 4.98 Å². The van der Waals surface area contributed by atoms with Gasteiger partial charge in [-0.15, -0.1) is 0 Å². The zero-order valence-corrected chi connectivity index (χ0v) is 14.7. The maximum absolute atomic E-state index is 12.3. The number of aromatic amines is 1. The Morgan fingerprint density at radius 3 is 2.89 bits per heavy atom. The van der Waals surface area contributed by atoms with Crippen LogP contribution in [0, 0.1) is 0 Å². The average molecular weight is 372 g/mol. The molecule has 0 aliphatic carbocycles. The van der Waals surface area contributed by atoms with Gasteiger partial charge >= 0.3 is 0 Å². The lowest BCUT2D eigenvalue weighted by molar-refractivity contribution is 0.0951. The standard InChI is InChI=1S/C20H16N6O2/c27-19-13-3-1-2-4-16(13)28-17(11-23-19)14-9-22-18-15(14)10-24-20(26-18)25-12-5-7-21-8-6-12/h1-10,17H,11H2,(H,23,27)(H2,21,22,24,25,26). The molecule has 0 fully saturated rings. The molecule has 1 amide bonds. The van der Waals surface area contributed by atoms with Crippen LogP contribution in [0.25, 0.3) is 11.0 Å². The summed E-state index contributed by atoms with van der Waals surface area (Å²) in [7, 11) is 0. The maximum atomic E-state index is 12.3. The van der Waals surface area contributed by atoms with Gasteiger partial charge < -0.3 is 20.4 Å². The van der Waals surface area contributed by atoms with Crippen LogP contribution in [0.2, 0.25) is 0 Å². The number of hydrogen-bond acceptors (Lipinski definition) is 6. The molecule has 138 valence electrons. The van der Waals surface area contributed by atoms with E-state index in [0.717, 1.165) is 16.6 Å². The molecule has 3 N–H and O–H groups in total. The average Bonchev–Trinajstić information content (AvgIpc) is 3.07. The van der Waals surface area contributed by atoms with Crippen LogP contribution in [-0.4, -0.2) is 32.4 Å². The van der Waals surface area contributed by atoms with E-state index in [4.69, 9.17) is 4.74 Å². The number of carbonyl (C=O) groups is 1. The van der Waals surface area contributed by atoms with Crippen LogP contribution < -0.4 is 15.4 Å². The van der Waals surface area contributed by atoms with Gasteiger partial charge in [-0.1, -0.05) is 12.1 Å². The number of nitrogens with one attached hydrogen (secondary N) is 3. The molecule has 8 heteroatoms. The molecule has 0 saturated carbocycles. The largest absolute Gasteiger partial charge is 0.483 e. The van der Waals surface area contributed by atoms with Gasteiger partial charge in [-0.3, -0.25) is 9.78 Å². The fourth-order valence-corrected chi connectivity index (χ4v) is 3.22. The number of para-hydroxylation sites is 1. The predicted molar refractivity (Wildman–Crippen MR) is 104 cm³/mol. The summed E-state index contributed by atoms with van der Waals surface area (Å²) >= 11 is 0. The molecular weight excluding hydrogens is 356 g/mol. The smallest absolute Gasteiger partial charge is 0.255 e. The first-order valence-corrected chi connectivity index (χ1v) is 8.83. The van der Waals surface area contributed by atoms with Gasteiger partial charge in [0.25, 0.3) is 5.91 Å². The SMILES string of the molecule is O=C1NCC(c2c[nH]c3nc(Nc4ccncc4)ncc23)Oc2ccccc21. The molecule has 3 aromatic heterocycles. The van der Waals surface area contributed by atoms with Gasteiger partial charge in [0.05, 0.1) is 12.1 Å². The fourth-order valence-electron chi connectivity index (χ4n) is 3.22. The van der Waals surface area contributed by atoms with Gasteiger partial charge in [0.15, 0.2) is 0 Å². The molecule has 1 unspecified atom stereocenters. The molecule has 1 aliphatic rings. The van der Waals surface area contributed by atoms with E-state index in [9.17, 15) is 4.79 Å². The summed E-state index contributed by atoms with van der Waals surface area (Å²) in [4.78, 5) is 28.4. The molecule has 0 saturated heterocycles. The normalized spacial score (nSPS) is 16.0. The number of H-pyrrole nitrogens is 1. The van der Waals surface area contributed by atoms with Crippen molar-refractivity contribution in [3.63, 3.8) is 0 Å². The number of ether oxygens (including phenoxy) is 1. The number of nitrogens with zero attached hydrogens (tertiary/aromatic N) is 3. The highest BCUT2D eigenvalue weighted by Crippen LogP contribution is 2.31. The number of rotatable bonds is 3. The highest BCUT2D eigenvalue weighted by atomic mass is 16.5. The van der Waals surface area contributed by atoms with Gasteiger partial charge in [-0.2, -0.15) is 4.98 Å². The molecule has 0 radical (unpaired) electrons. The van der Waals surface area contributed by atoms with Gasteiger partial charge in [0.1, 0.15) is 17.5 Å². The van der Waals surface area contributed by atoms with Crippen LogP contribution in [0.15, 0.2) is 61.2 Å². The number of carbonyl (C=O) groups excluding carboxylic acids is 1. The van der Waals surface area contributed by atoms with E-state index in [1.165, 1.54) is 0 Å². The van der Waals surface area contributed by atoms with Crippen LogP contribution in [0.3, 0.4) is 0 Å². The van der Waals surface area contributed by atoms with Crippen molar-refractivity contribution in [1.82, 2.24) is 25.3 Å². The van der Waals surface area contributed by atoms with Gasteiger partial charge in [0.2, 0.25) is 5.95 Å². The summed E-state index contributed by atoms with van der Waals surface area (Å²) in [5.74, 6) is 0.902. The van der Waals surface area contributed by atoms with Gasteiger partial charge in [0, 0.05) is 41.4 Å². The lowest BCUT2D eigenvalue weighted by Gasteiger charge is -2.16. The molecule has 4 aromatic rings. The first-order chi connectivity index (χ1) is 13.8. The second kappa shape index (κ2) is 6.66. The number of benzene rings is 1. The molecule has 1 aliphatic heterocycles. The number of aromatic nitrogens is 4. The quantitative estimate of drug-likeness (QED) is 0.511. The van der Waals surface area contributed by atoms with Crippen molar-refractivity contribution >= 4 is 28.6 Å². The van der Waals surface area contributed by atoms with E-state index in [1.54, 1.807) is 30.7 Å². The molecule has 5 rings (SSSR count). The summed E-state index contributed by atoms with van der Waals surface area (Å²) in [6.07, 6.45) is 6.65. The molecule has 0 spiro atoms. The zero-order valence-electron chi connectivity index (χ0n) is 14.7. The third kappa shape index (κ3) is 2.90. The molecule has 4 heterocycles. The number of amides is 1. The molecule has 8 nitrogen and oxygen atoms in total. The highest BCUT2D eigenvalue weighted by molar-refractivity contribution is 5.97. The van der Waals surface area contributed by atoms with Crippen LogP contribution in [0.1, 0.15) is 22.0 Å². The minimum Gasteiger partial charge on any atom is -0.483 e. The van der Waals surface area contributed by atoms with E-state index >= 15 is 0 Å². The lowest BCUT2D eigenvalue weighted by Crippen LogP contribution is -2.26. The Balaban J connectivity index is 1.46. The fraction of sp³-hybridized carbons (Fsp3) is 0.100. The topological polar surface area (TPSA) is 105 Å². The zero-order chi connectivity index (χ0) is 18.9. The van der Waals surface area contributed by atoms with E-state index in [2.05, 4.69) is 30.6 Å². The predicted octanol–water partition coefficient (Wildman–Crippen LogP) is 2.96. The third-order valence-electron chi connectivity index (χ3n) is 4.60. The van der Waals surface area contributed by atoms with Crippen molar-refractivity contribution < 1.29 is 9.53 Å². The Morgan fingerprint density at radius 2 is 2.00 bits per heavy atom. The third-order valence-corrected chi connectivity index (χ3v) is 4.60. The number of hydrogen-bond donors (Lipinski definition) is 3. The second-order valence-electron chi connectivity index (χ2n) is 6.37.